The summed E-state index contributed by atoms with van der Waals surface area (Å²) in [5.74, 6) is -1.25. The van der Waals surface area contributed by atoms with Crippen LogP contribution in [0.1, 0.15) is 54.0 Å². The number of carboxylic acid groups (broad SMARTS) is 1. The van der Waals surface area contributed by atoms with Gasteiger partial charge in [0.25, 0.3) is 5.95 Å². The molecule has 44 heavy (non-hydrogen) atoms. The molecule has 0 bridgehead atoms. The highest BCUT2D eigenvalue weighted by atomic mass is 35.5. The Balaban J connectivity index is 0.00000675. The Hall–Kier alpha value is -3.76. The van der Waals surface area contributed by atoms with Gasteiger partial charge >= 0.3 is 24.5 Å². The van der Waals surface area contributed by atoms with Gasteiger partial charge in [0.05, 0.1) is 23.7 Å². The van der Waals surface area contributed by atoms with Crippen LogP contribution >= 0.6 is 12.4 Å². The molecule has 2 aromatic carbocycles. The smallest absolute Gasteiger partial charge is 0.416 e. The molecule has 18 heteroatoms. The van der Waals surface area contributed by atoms with Crippen molar-refractivity contribution in [2.24, 2.45) is 7.05 Å². The maximum atomic E-state index is 13.7. The number of anilines is 2. The van der Waals surface area contributed by atoms with E-state index in [2.05, 4.69) is 15.4 Å². The molecule has 1 aromatic heterocycles. The van der Waals surface area contributed by atoms with Crippen LogP contribution in [0.3, 0.4) is 0 Å². The maximum Gasteiger partial charge on any atom is 0.416 e. The van der Waals surface area contributed by atoms with Crippen molar-refractivity contribution in [1.82, 2.24) is 20.2 Å². The summed E-state index contributed by atoms with van der Waals surface area (Å²) in [6.45, 7) is 1.21. The third-order valence-corrected chi connectivity index (χ3v) is 6.36. The van der Waals surface area contributed by atoms with Crippen molar-refractivity contribution >= 4 is 30.0 Å². The predicted octanol–water partition coefficient (Wildman–Crippen LogP) is 6.98. The van der Waals surface area contributed by atoms with Crippen LogP contribution in [0.5, 0.6) is 0 Å². The summed E-state index contributed by atoms with van der Waals surface area (Å²) < 4.78 is 122. The van der Waals surface area contributed by atoms with E-state index in [1.165, 1.54) is 13.1 Å². The molecule has 0 fully saturated rings. The lowest BCUT2D eigenvalue weighted by Crippen LogP contribution is -2.29. The van der Waals surface area contributed by atoms with Gasteiger partial charge in [-0.2, -0.15) is 44.3 Å². The highest BCUT2D eigenvalue weighted by Crippen LogP contribution is 2.38. The van der Waals surface area contributed by atoms with E-state index in [0.717, 1.165) is 21.8 Å². The first-order valence-corrected chi connectivity index (χ1v) is 12.8. The highest BCUT2D eigenvalue weighted by Gasteiger charge is 2.37. The Kier molecular flexibility index (Phi) is 11.9. The van der Waals surface area contributed by atoms with Gasteiger partial charge in [0, 0.05) is 38.3 Å². The number of carboxylic acids is 1. The van der Waals surface area contributed by atoms with Gasteiger partial charge in [0.2, 0.25) is 0 Å². The number of aryl methyl sites for hydroxylation is 1. The van der Waals surface area contributed by atoms with Crippen molar-refractivity contribution in [3.8, 4) is 0 Å². The first-order valence-electron chi connectivity index (χ1n) is 12.8. The summed E-state index contributed by atoms with van der Waals surface area (Å²) in [6.07, 6.45) is -14.4. The molecular weight excluding hydrogens is 635 g/mol. The predicted molar refractivity (Wildman–Crippen MR) is 143 cm³/mol. The molecule has 1 heterocycles. The minimum absolute atomic E-state index is 0. The van der Waals surface area contributed by atoms with E-state index in [9.17, 15) is 44.3 Å². The van der Waals surface area contributed by atoms with Gasteiger partial charge in [0.1, 0.15) is 0 Å². The topological polar surface area (TPSA) is 87.4 Å². The molecule has 244 valence electrons. The molecule has 0 saturated heterocycles. The number of tetrazole rings is 1. The Bertz CT molecular complexity index is 1380. The van der Waals surface area contributed by atoms with Gasteiger partial charge in [0.15, 0.2) is 0 Å². The molecule has 0 aliphatic carbocycles. The molecule has 0 radical (unpaired) electrons. The van der Waals surface area contributed by atoms with E-state index in [4.69, 9.17) is 5.11 Å². The largest absolute Gasteiger partial charge is 0.481 e. The Morgan fingerprint density at radius 1 is 0.841 bits per heavy atom. The van der Waals surface area contributed by atoms with Crippen LogP contribution in [0.2, 0.25) is 0 Å². The fourth-order valence-electron chi connectivity index (χ4n) is 4.36. The van der Waals surface area contributed by atoms with Crippen LogP contribution in [0.25, 0.3) is 0 Å². The van der Waals surface area contributed by atoms with Crippen LogP contribution < -0.4 is 9.80 Å². The van der Waals surface area contributed by atoms with Crippen LogP contribution in [0.15, 0.2) is 36.4 Å². The van der Waals surface area contributed by atoms with Crippen molar-refractivity contribution in [3.63, 3.8) is 0 Å². The lowest BCUT2D eigenvalue weighted by Gasteiger charge is -2.29. The van der Waals surface area contributed by atoms with Crippen molar-refractivity contribution in [3.05, 3.63) is 64.2 Å². The molecule has 0 atom stereocenters. The van der Waals surface area contributed by atoms with Gasteiger partial charge in [-0.3, -0.25) is 4.79 Å². The van der Waals surface area contributed by atoms with E-state index in [0.29, 0.717) is 37.2 Å². The number of halogens is 10. The SMILES string of the molecule is CCN(CCCCC(=O)O)c1ccc(C(F)(F)F)cc1CN(Cc1cc(C(F)(F)F)cc(C(F)(F)F)c1)c1nnn(C)n1.Cl. The normalized spacial score (nSPS) is 12.2. The molecule has 0 amide bonds. The maximum absolute atomic E-state index is 13.7. The molecule has 0 aliphatic rings. The number of benzene rings is 2. The molecule has 1 N–H and O–H groups in total. The van der Waals surface area contributed by atoms with E-state index >= 15 is 0 Å². The van der Waals surface area contributed by atoms with Gasteiger partial charge in [-0.15, -0.1) is 17.5 Å². The Morgan fingerprint density at radius 2 is 1.43 bits per heavy atom. The molecular formula is C26H28ClF9N6O2. The first kappa shape index (κ1) is 36.4. The summed E-state index contributed by atoms with van der Waals surface area (Å²) in [5, 5.41) is 20.3. The lowest BCUT2D eigenvalue weighted by molar-refractivity contribution is -0.143. The second-order valence-electron chi connectivity index (χ2n) is 9.62. The monoisotopic (exact) mass is 662 g/mol. The van der Waals surface area contributed by atoms with Crippen molar-refractivity contribution in [2.75, 3.05) is 22.9 Å². The summed E-state index contributed by atoms with van der Waals surface area (Å²) in [7, 11) is 1.35. The summed E-state index contributed by atoms with van der Waals surface area (Å²) in [6, 6.07) is 3.92. The van der Waals surface area contributed by atoms with Crippen molar-refractivity contribution in [2.45, 2.75) is 57.8 Å². The third-order valence-electron chi connectivity index (χ3n) is 6.36. The number of rotatable bonds is 12. The number of nitrogens with zero attached hydrogens (tertiary/aromatic N) is 6. The zero-order valence-electron chi connectivity index (χ0n) is 23.3. The highest BCUT2D eigenvalue weighted by molar-refractivity contribution is 5.85. The molecule has 8 nitrogen and oxygen atoms in total. The number of hydrogen-bond donors (Lipinski definition) is 1. The van der Waals surface area contributed by atoms with Crippen molar-refractivity contribution < 1.29 is 49.4 Å². The third kappa shape index (κ3) is 9.89. The van der Waals surface area contributed by atoms with E-state index < -0.39 is 59.8 Å². The number of aliphatic carboxylic acids is 1. The van der Waals surface area contributed by atoms with Crippen molar-refractivity contribution in [1.29, 1.82) is 0 Å². The standard InChI is InChI=1S/C26H27F9N6O2.ClH/c1-3-40(9-5-4-6-22(42)43)21-8-7-18(24(27,28)29)12-17(21)15-41(23-36-38-39(2)37-23)14-16-10-19(25(30,31)32)13-20(11-16)26(33,34)35;/h7-8,10-13H,3-6,9,14-15H2,1-2H3,(H,42,43);1H. The summed E-state index contributed by atoms with van der Waals surface area (Å²) >= 11 is 0. The Labute approximate surface area is 251 Å². The molecule has 0 spiro atoms. The van der Waals surface area contributed by atoms with Crippen LogP contribution in [0, 0.1) is 0 Å². The quantitative estimate of drug-likeness (QED) is 0.166. The number of unbranched alkanes of at least 4 members (excludes halogenated alkanes) is 1. The summed E-state index contributed by atoms with van der Waals surface area (Å²) in [4.78, 5) is 14.7. The second kappa shape index (κ2) is 14.3. The Morgan fingerprint density at radius 3 is 1.91 bits per heavy atom. The fraction of sp³-hybridized carbons (Fsp3) is 0.462. The second-order valence-corrected chi connectivity index (χ2v) is 9.62. The number of aromatic nitrogens is 4. The average Bonchev–Trinajstić information content (AvgIpc) is 3.33. The van der Waals surface area contributed by atoms with Crippen LogP contribution in [-0.2, 0) is 43.5 Å². The van der Waals surface area contributed by atoms with E-state index in [1.807, 2.05) is 0 Å². The number of hydrogen-bond acceptors (Lipinski definition) is 6. The first-order chi connectivity index (χ1) is 19.9. The fourth-order valence-corrected chi connectivity index (χ4v) is 4.36. The van der Waals surface area contributed by atoms with Gasteiger partial charge < -0.3 is 14.9 Å². The van der Waals surface area contributed by atoms with Gasteiger partial charge in [-0.05, 0) is 72.5 Å². The minimum atomic E-state index is -5.11. The zero-order valence-corrected chi connectivity index (χ0v) is 24.1. The molecule has 3 rings (SSSR count). The molecule has 0 unspecified atom stereocenters. The van der Waals surface area contributed by atoms with Crippen LogP contribution in [0.4, 0.5) is 51.1 Å². The zero-order chi connectivity index (χ0) is 32.2. The number of alkyl halides is 9. The average molecular weight is 663 g/mol. The molecule has 3 aromatic rings. The molecule has 0 aliphatic heterocycles. The van der Waals surface area contributed by atoms with E-state index in [1.54, 1.807) is 11.8 Å². The summed E-state index contributed by atoms with van der Waals surface area (Å²) in [5.41, 5.74) is -4.24. The van der Waals surface area contributed by atoms with Crippen LogP contribution in [-0.4, -0.2) is 44.4 Å². The van der Waals surface area contributed by atoms with E-state index in [-0.39, 0.29) is 43.0 Å². The minimum Gasteiger partial charge on any atom is -0.481 e. The number of carbonyl (C=O) groups is 1. The van der Waals surface area contributed by atoms with Gasteiger partial charge in [-0.25, -0.2) is 0 Å². The van der Waals surface area contributed by atoms with Gasteiger partial charge in [-0.1, -0.05) is 5.10 Å². The molecule has 0 saturated carbocycles. The lowest BCUT2D eigenvalue weighted by atomic mass is 10.0.